The molecule has 22 heavy (non-hydrogen) atoms. The fourth-order valence-electron chi connectivity index (χ4n) is 2.31. The zero-order chi connectivity index (χ0) is 16.9. The van der Waals surface area contributed by atoms with Crippen molar-refractivity contribution in [3.05, 3.63) is 36.0 Å². The van der Waals surface area contributed by atoms with Crippen molar-refractivity contribution in [1.29, 1.82) is 0 Å². The van der Waals surface area contributed by atoms with Gasteiger partial charge >= 0.3 is 0 Å². The molecule has 1 heterocycles. The molecule has 1 aliphatic rings. The maximum absolute atomic E-state index is 12.5. The summed E-state index contributed by atoms with van der Waals surface area (Å²) in [6.45, 7) is 5.18. The van der Waals surface area contributed by atoms with Gasteiger partial charge in [0.2, 0.25) is 5.91 Å². The number of amides is 3. The van der Waals surface area contributed by atoms with Crippen molar-refractivity contribution in [2.45, 2.75) is 25.8 Å². The molecule has 6 nitrogen and oxygen atoms in total. The Balaban J connectivity index is 3.29. The Labute approximate surface area is 129 Å². The van der Waals surface area contributed by atoms with Crippen LogP contribution in [0.15, 0.2) is 36.0 Å². The third-order valence-electron chi connectivity index (χ3n) is 3.36. The molecule has 0 aromatic carbocycles. The van der Waals surface area contributed by atoms with Gasteiger partial charge in [0.1, 0.15) is 12.3 Å². The Bertz CT molecular complexity index is 573. The third-order valence-corrected chi connectivity index (χ3v) is 3.36. The molecule has 1 fully saturated rings. The molecule has 0 saturated carbocycles. The van der Waals surface area contributed by atoms with Crippen LogP contribution in [0, 0.1) is 0 Å². The minimum Gasteiger partial charge on any atom is -0.347 e. The standard InChI is InChI=1S/C16H20N2O4/c1-5-8-12-11(6-2)14(20)18(15(12)21)13(9-7-10-19)16(22)17(3)4/h5-6,8,10,13H,1,7,9H2,2-4H3/b11-6+,12-8+. The smallest absolute Gasteiger partial charge is 0.262 e. The van der Waals surface area contributed by atoms with Crippen LogP contribution < -0.4 is 0 Å². The van der Waals surface area contributed by atoms with Gasteiger partial charge in [-0.15, -0.1) is 0 Å². The lowest BCUT2D eigenvalue weighted by molar-refractivity contribution is -0.148. The lowest BCUT2D eigenvalue weighted by Crippen LogP contribution is -2.49. The Morgan fingerprint density at radius 3 is 2.32 bits per heavy atom. The molecular formula is C16H20N2O4. The van der Waals surface area contributed by atoms with E-state index in [1.165, 1.54) is 23.1 Å². The summed E-state index contributed by atoms with van der Waals surface area (Å²) in [6.07, 6.45) is 5.27. The maximum Gasteiger partial charge on any atom is 0.262 e. The van der Waals surface area contributed by atoms with E-state index in [4.69, 9.17) is 0 Å². The van der Waals surface area contributed by atoms with Crippen LogP contribution in [0.3, 0.4) is 0 Å². The average molecular weight is 304 g/mol. The van der Waals surface area contributed by atoms with Crippen LogP contribution in [0.25, 0.3) is 0 Å². The summed E-state index contributed by atoms with van der Waals surface area (Å²) in [7, 11) is 3.08. The molecule has 1 rings (SSSR count). The zero-order valence-electron chi connectivity index (χ0n) is 13.0. The Kier molecular flexibility index (Phi) is 5.98. The second kappa shape index (κ2) is 7.49. The average Bonchev–Trinajstić information content (AvgIpc) is 2.71. The summed E-state index contributed by atoms with van der Waals surface area (Å²) in [4.78, 5) is 50.1. The first kappa shape index (κ1) is 17.6. The molecule has 1 unspecified atom stereocenters. The van der Waals surface area contributed by atoms with E-state index in [1.807, 2.05) is 0 Å². The highest BCUT2D eigenvalue weighted by Crippen LogP contribution is 2.28. The first-order valence-corrected chi connectivity index (χ1v) is 6.92. The number of carbonyl (C=O) groups is 4. The topological polar surface area (TPSA) is 74.8 Å². The molecule has 0 aromatic rings. The minimum atomic E-state index is -0.981. The van der Waals surface area contributed by atoms with Crippen LogP contribution >= 0.6 is 0 Å². The Morgan fingerprint density at radius 2 is 1.86 bits per heavy atom. The summed E-state index contributed by atoms with van der Waals surface area (Å²) >= 11 is 0. The predicted octanol–water partition coefficient (Wildman–Crippen LogP) is 0.850. The number of allylic oxidation sites excluding steroid dienone is 3. The zero-order valence-corrected chi connectivity index (χ0v) is 13.0. The van der Waals surface area contributed by atoms with E-state index in [-0.39, 0.29) is 29.9 Å². The van der Waals surface area contributed by atoms with Gasteiger partial charge in [-0.05, 0) is 19.4 Å². The summed E-state index contributed by atoms with van der Waals surface area (Å²) in [6, 6.07) is -0.981. The summed E-state index contributed by atoms with van der Waals surface area (Å²) in [5, 5.41) is 0. The van der Waals surface area contributed by atoms with Gasteiger partial charge < -0.3 is 9.69 Å². The molecule has 0 N–H and O–H groups in total. The number of hydrogen-bond donors (Lipinski definition) is 0. The molecule has 0 radical (unpaired) electrons. The monoisotopic (exact) mass is 304 g/mol. The van der Waals surface area contributed by atoms with Gasteiger partial charge in [0.15, 0.2) is 0 Å². The molecule has 0 aliphatic carbocycles. The number of aldehydes is 1. The van der Waals surface area contributed by atoms with Crippen LogP contribution in [0.2, 0.25) is 0 Å². The van der Waals surface area contributed by atoms with E-state index >= 15 is 0 Å². The summed E-state index contributed by atoms with van der Waals surface area (Å²) in [5.41, 5.74) is 0.456. The van der Waals surface area contributed by atoms with Crippen molar-refractivity contribution in [3.63, 3.8) is 0 Å². The largest absolute Gasteiger partial charge is 0.347 e. The lowest BCUT2D eigenvalue weighted by Gasteiger charge is -2.26. The molecule has 0 spiro atoms. The number of carbonyl (C=O) groups excluding carboxylic acids is 4. The van der Waals surface area contributed by atoms with E-state index in [2.05, 4.69) is 6.58 Å². The molecule has 1 atom stereocenters. The first-order chi connectivity index (χ1) is 10.4. The number of likely N-dealkylation sites (N-methyl/N-ethyl adjacent to an activating group) is 1. The van der Waals surface area contributed by atoms with Gasteiger partial charge in [0.05, 0.1) is 5.57 Å². The number of nitrogens with zero attached hydrogens (tertiary/aromatic N) is 2. The fourth-order valence-corrected chi connectivity index (χ4v) is 2.31. The second-order valence-electron chi connectivity index (χ2n) is 4.99. The number of rotatable bonds is 6. The lowest BCUT2D eigenvalue weighted by atomic mass is 10.1. The van der Waals surface area contributed by atoms with E-state index in [0.29, 0.717) is 6.29 Å². The molecule has 0 aromatic heterocycles. The number of hydrogen-bond acceptors (Lipinski definition) is 4. The Morgan fingerprint density at radius 1 is 1.27 bits per heavy atom. The van der Waals surface area contributed by atoms with Crippen LogP contribution in [0.1, 0.15) is 19.8 Å². The second-order valence-corrected chi connectivity index (χ2v) is 4.99. The van der Waals surface area contributed by atoms with Crippen LogP contribution in [-0.4, -0.2) is 53.9 Å². The normalized spacial score (nSPS) is 19.7. The highest BCUT2D eigenvalue weighted by molar-refractivity contribution is 6.25. The fraction of sp³-hybridized carbons (Fsp3) is 0.375. The first-order valence-electron chi connectivity index (χ1n) is 6.92. The van der Waals surface area contributed by atoms with Crippen molar-refractivity contribution < 1.29 is 19.2 Å². The van der Waals surface area contributed by atoms with Crippen molar-refractivity contribution in [3.8, 4) is 0 Å². The van der Waals surface area contributed by atoms with Gasteiger partial charge in [-0.3, -0.25) is 19.3 Å². The molecule has 0 bridgehead atoms. The quantitative estimate of drug-likeness (QED) is 0.414. The molecular weight excluding hydrogens is 284 g/mol. The number of imide groups is 1. The third kappa shape index (κ3) is 3.21. The van der Waals surface area contributed by atoms with Crippen molar-refractivity contribution in [2.24, 2.45) is 0 Å². The highest BCUT2D eigenvalue weighted by atomic mass is 16.2. The molecule has 1 aliphatic heterocycles. The van der Waals surface area contributed by atoms with E-state index in [9.17, 15) is 19.2 Å². The van der Waals surface area contributed by atoms with Gasteiger partial charge in [0.25, 0.3) is 11.8 Å². The van der Waals surface area contributed by atoms with Crippen molar-refractivity contribution >= 4 is 24.0 Å². The van der Waals surface area contributed by atoms with E-state index < -0.39 is 17.9 Å². The Hall–Kier alpha value is -2.50. The van der Waals surface area contributed by atoms with Crippen LogP contribution in [-0.2, 0) is 19.2 Å². The SMILES string of the molecule is C=C/C=C1/C(=O)N(C(CCC=O)C(=O)N(C)C)C(=O)/C1=C/C. The van der Waals surface area contributed by atoms with Gasteiger partial charge in [-0.25, -0.2) is 0 Å². The highest BCUT2D eigenvalue weighted by Gasteiger charge is 2.44. The van der Waals surface area contributed by atoms with E-state index in [0.717, 1.165) is 4.90 Å². The van der Waals surface area contributed by atoms with E-state index in [1.54, 1.807) is 21.0 Å². The van der Waals surface area contributed by atoms with Gasteiger partial charge in [0, 0.05) is 26.1 Å². The summed E-state index contributed by atoms with van der Waals surface area (Å²) < 4.78 is 0. The van der Waals surface area contributed by atoms with Crippen molar-refractivity contribution in [1.82, 2.24) is 9.80 Å². The minimum absolute atomic E-state index is 0.0903. The number of likely N-dealkylation sites (tertiary alicyclic amines) is 1. The van der Waals surface area contributed by atoms with Gasteiger partial charge in [-0.2, -0.15) is 0 Å². The van der Waals surface area contributed by atoms with Crippen molar-refractivity contribution in [2.75, 3.05) is 14.1 Å². The molecule has 118 valence electrons. The maximum atomic E-state index is 12.5. The predicted molar refractivity (Wildman–Crippen MR) is 81.7 cm³/mol. The molecule has 6 heteroatoms. The molecule has 1 saturated heterocycles. The van der Waals surface area contributed by atoms with Crippen LogP contribution in [0.4, 0.5) is 0 Å². The molecule has 3 amide bonds. The van der Waals surface area contributed by atoms with Crippen LogP contribution in [0.5, 0.6) is 0 Å². The van der Waals surface area contributed by atoms with Gasteiger partial charge in [-0.1, -0.05) is 18.7 Å². The summed E-state index contributed by atoms with van der Waals surface area (Å²) in [5.74, 6) is -1.45.